The van der Waals surface area contributed by atoms with Gasteiger partial charge in [0.1, 0.15) is 6.10 Å². The number of amides is 2. The van der Waals surface area contributed by atoms with Gasteiger partial charge in [0.2, 0.25) is 5.91 Å². The number of carbonyl (C=O) groups excluding carboxylic acids is 2. The van der Waals surface area contributed by atoms with E-state index in [1.807, 2.05) is 9.80 Å². The normalized spacial score (nSPS) is 27.0. The van der Waals surface area contributed by atoms with Gasteiger partial charge in [0, 0.05) is 45.9 Å². The van der Waals surface area contributed by atoms with Crippen LogP contribution < -0.4 is 0 Å². The first-order valence-electron chi connectivity index (χ1n) is 9.14. The SMILES string of the molecule is O=C(CN1CCN(C(=O)C2CCCO2)CC1)N1CCCCCC1. The molecule has 0 spiro atoms. The van der Waals surface area contributed by atoms with Crippen molar-refractivity contribution in [2.45, 2.75) is 44.6 Å². The molecule has 0 N–H and O–H groups in total. The summed E-state index contributed by atoms with van der Waals surface area (Å²) in [5, 5.41) is 0. The number of hydrogen-bond acceptors (Lipinski definition) is 4. The number of likely N-dealkylation sites (tertiary alicyclic amines) is 1. The lowest BCUT2D eigenvalue weighted by molar-refractivity contribution is -0.143. The summed E-state index contributed by atoms with van der Waals surface area (Å²) in [5.74, 6) is 0.395. The molecule has 2 amide bonds. The first-order chi connectivity index (χ1) is 11.2. The van der Waals surface area contributed by atoms with Gasteiger partial charge < -0.3 is 14.5 Å². The molecule has 1 atom stereocenters. The van der Waals surface area contributed by atoms with E-state index in [9.17, 15) is 9.59 Å². The van der Waals surface area contributed by atoms with Crippen LogP contribution in [-0.2, 0) is 14.3 Å². The lowest BCUT2D eigenvalue weighted by Gasteiger charge is -2.36. The summed E-state index contributed by atoms with van der Waals surface area (Å²) in [6.45, 7) is 6.04. The van der Waals surface area contributed by atoms with Gasteiger partial charge in [-0.05, 0) is 25.7 Å². The van der Waals surface area contributed by atoms with Crippen molar-refractivity contribution < 1.29 is 14.3 Å². The summed E-state index contributed by atoms with van der Waals surface area (Å²) in [6.07, 6.45) is 6.37. The van der Waals surface area contributed by atoms with Gasteiger partial charge in [-0.15, -0.1) is 0 Å². The fourth-order valence-electron chi connectivity index (χ4n) is 3.71. The molecule has 0 saturated carbocycles. The van der Waals surface area contributed by atoms with E-state index in [0.29, 0.717) is 26.2 Å². The quantitative estimate of drug-likeness (QED) is 0.768. The van der Waals surface area contributed by atoms with E-state index in [0.717, 1.165) is 51.9 Å². The second-order valence-electron chi connectivity index (χ2n) is 6.90. The molecule has 0 aliphatic carbocycles. The molecule has 3 rings (SSSR count). The average molecular weight is 323 g/mol. The van der Waals surface area contributed by atoms with Crippen LogP contribution in [-0.4, -0.2) is 85.0 Å². The highest BCUT2D eigenvalue weighted by Gasteiger charge is 2.31. The van der Waals surface area contributed by atoms with Gasteiger partial charge in [0.05, 0.1) is 6.54 Å². The van der Waals surface area contributed by atoms with Crippen LogP contribution in [0.3, 0.4) is 0 Å². The molecule has 3 aliphatic heterocycles. The van der Waals surface area contributed by atoms with Crippen molar-refractivity contribution in [3.8, 4) is 0 Å². The lowest BCUT2D eigenvalue weighted by atomic mass is 10.2. The number of hydrogen-bond donors (Lipinski definition) is 0. The van der Waals surface area contributed by atoms with Crippen molar-refractivity contribution in [2.75, 3.05) is 52.4 Å². The molecule has 3 heterocycles. The standard InChI is InChI=1S/C17H29N3O3/c21-16(19-7-3-1-2-4-8-19)14-18-9-11-20(12-10-18)17(22)15-6-5-13-23-15/h15H,1-14H2. The van der Waals surface area contributed by atoms with Crippen molar-refractivity contribution in [1.29, 1.82) is 0 Å². The Bertz CT molecular complexity index is 407. The van der Waals surface area contributed by atoms with E-state index in [4.69, 9.17) is 4.74 Å². The molecule has 0 aromatic rings. The van der Waals surface area contributed by atoms with E-state index in [-0.39, 0.29) is 17.9 Å². The summed E-state index contributed by atoms with van der Waals surface area (Å²) in [5.41, 5.74) is 0. The lowest BCUT2D eigenvalue weighted by Crippen LogP contribution is -2.53. The Morgan fingerprint density at radius 1 is 0.826 bits per heavy atom. The molecule has 3 fully saturated rings. The molecule has 0 radical (unpaired) electrons. The van der Waals surface area contributed by atoms with Gasteiger partial charge in [0.15, 0.2) is 0 Å². The van der Waals surface area contributed by atoms with Crippen molar-refractivity contribution in [1.82, 2.24) is 14.7 Å². The van der Waals surface area contributed by atoms with Gasteiger partial charge in [-0.2, -0.15) is 0 Å². The Balaban J connectivity index is 1.41. The molecule has 130 valence electrons. The molecule has 3 aliphatic rings. The van der Waals surface area contributed by atoms with Crippen LogP contribution in [0.15, 0.2) is 0 Å². The molecule has 3 saturated heterocycles. The zero-order chi connectivity index (χ0) is 16.1. The summed E-state index contributed by atoms with van der Waals surface area (Å²) >= 11 is 0. The molecular formula is C17H29N3O3. The van der Waals surface area contributed by atoms with Crippen LogP contribution in [0.4, 0.5) is 0 Å². The van der Waals surface area contributed by atoms with Crippen molar-refractivity contribution in [2.24, 2.45) is 0 Å². The fraction of sp³-hybridized carbons (Fsp3) is 0.882. The van der Waals surface area contributed by atoms with Crippen molar-refractivity contribution in [3.05, 3.63) is 0 Å². The Kier molecular flexibility index (Phi) is 5.89. The summed E-state index contributed by atoms with van der Waals surface area (Å²) in [7, 11) is 0. The summed E-state index contributed by atoms with van der Waals surface area (Å²) < 4.78 is 5.48. The predicted octanol–water partition coefficient (Wildman–Crippen LogP) is 0.712. The van der Waals surface area contributed by atoms with Gasteiger partial charge in [-0.1, -0.05) is 12.8 Å². The molecule has 6 nitrogen and oxygen atoms in total. The van der Waals surface area contributed by atoms with E-state index in [2.05, 4.69) is 4.90 Å². The molecule has 0 bridgehead atoms. The maximum absolute atomic E-state index is 12.4. The topological polar surface area (TPSA) is 53.1 Å². The third-order valence-corrected chi connectivity index (χ3v) is 5.21. The third-order valence-electron chi connectivity index (χ3n) is 5.21. The van der Waals surface area contributed by atoms with E-state index in [1.165, 1.54) is 12.8 Å². The summed E-state index contributed by atoms with van der Waals surface area (Å²) in [4.78, 5) is 30.9. The fourth-order valence-corrected chi connectivity index (χ4v) is 3.71. The number of nitrogens with zero attached hydrogens (tertiary/aromatic N) is 3. The van der Waals surface area contributed by atoms with Crippen LogP contribution in [0, 0.1) is 0 Å². The summed E-state index contributed by atoms with van der Waals surface area (Å²) in [6, 6.07) is 0. The Labute approximate surface area is 138 Å². The van der Waals surface area contributed by atoms with Crippen molar-refractivity contribution in [3.63, 3.8) is 0 Å². The Hall–Kier alpha value is -1.14. The number of carbonyl (C=O) groups is 2. The van der Waals surface area contributed by atoms with E-state index in [1.54, 1.807) is 0 Å². The highest BCUT2D eigenvalue weighted by Crippen LogP contribution is 2.16. The van der Waals surface area contributed by atoms with Gasteiger partial charge in [-0.3, -0.25) is 14.5 Å². The minimum absolute atomic E-state index is 0.140. The highest BCUT2D eigenvalue weighted by atomic mass is 16.5. The molecule has 0 aromatic heterocycles. The van der Waals surface area contributed by atoms with Crippen LogP contribution in [0.2, 0.25) is 0 Å². The average Bonchev–Trinajstić information content (AvgIpc) is 2.97. The van der Waals surface area contributed by atoms with E-state index >= 15 is 0 Å². The number of ether oxygens (including phenoxy) is 1. The third kappa shape index (κ3) is 4.44. The molecule has 1 unspecified atom stereocenters. The van der Waals surface area contributed by atoms with E-state index < -0.39 is 0 Å². The zero-order valence-corrected chi connectivity index (χ0v) is 14.0. The van der Waals surface area contributed by atoms with Crippen molar-refractivity contribution >= 4 is 11.8 Å². The maximum Gasteiger partial charge on any atom is 0.251 e. The minimum atomic E-state index is -0.222. The van der Waals surface area contributed by atoms with Crippen LogP contribution in [0.25, 0.3) is 0 Å². The predicted molar refractivity (Wildman–Crippen MR) is 87.0 cm³/mol. The first-order valence-corrected chi connectivity index (χ1v) is 9.14. The number of rotatable bonds is 3. The number of piperazine rings is 1. The minimum Gasteiger partial charge on any atom is -0.368 e. The first kappa shape index (κ1) is 16.7. The maximum atomic E-state index is 12.4. The molecule has 6 heteroatoms. The zero-order valence-electron chi connectivity index (χ0n) is 14.0. The second-order valence-corrected chi connectivity index (χ2v) is 6.90. The van der Waals surface area contributed by atoms with Crippen LogP contribution in [0.5, 0.6) is 0 Å². The van der Waals surface area contributed by atoms with Crippen LogP contribution >= 0.6 is 0 Å². The van der Waals surface area contributed by atoms with Gasteiger partial charge >= 0.3 is 0 Å². The smallest absolute Gasteiger partial charge is 0.251 e. The Morgan fingerprint density at radius 3 is 2.13 bits per heavy atom. The highest BCUT2D eigenvalue weighted by molar-refractivity contribution is 5.81. The van der Waals surface area contributed by atoms with Crippen LogP contribution in [0.1, 0.15) is 38.5 Å². The second kappa shape index (κ2) is 8.11. The van der Waals surface area contributed by atoms with Gasteiger partial charge in [0.25, 0.3) is 5.91 Å². The largest absolute Gasteiger partial charge is 0.368 e. The molecule has 0 aromatic carbocycles. The van der Waals surface area contributed by atoms with Gasteiger partial charge in [-0.25, -0.2) is 0 Å². The monoisotopic (exact) mass is 323 g/mol. The Morgan fingerprint density at radius 2 is 1.52 bits per heavy atom. The molecule has 23 heavy (non-hydrogen) atoms. The molecular weight excluding hydrogens is 294 g/mol.